The van der Waals surface area contributed by atoms with Crippen LogP contribution in [0.1, 0.15) is 12.5 Å². The van der Waals surface area contributed by atoms with Crippen LogP contribution in [-0.2, 0) is 19.7 Å². The molecule has 17 heavy (non-hydrogen) atoms. The van der Waals surface area contributed by atoms with E-state index in [4.69, 9.17) is 13.3 Å². The maximum absolute atomic E-state index is 13.0. The quantitative estimate of drug-likeness (QED) is 0.733. The van der Waals surface area contributed by atoms with E-state index in [2.05, 4.69) is 0 Å². The van der Waals surface area contributed by atoms with Crippen molar-refractivity contribution in [1.29, 1.82) is 0 Å². The first-order valence-corrected chi connectivity index (χ1v) is 6.62. The van der Waals surface area contributed by atoms with Gasteiger partial charge in [0.25, 0.3) is 0 Å². The predicted octanol–water partition coefficient (Wildman–Crippen LogP) is 1.92. The molecule has 6 heteroatoms. The van der Waals surface area contributed by atoms with E-state index in [0.29, 0.717) is 12.0 Å². The summed E-state index contributed by atoms with van der Waals surface area (Å²) in [5.41, 5.74) is 0.551. The van der Waals surface area contributed by atoms with Crippen molar-refractivity contribution in [3.63, 3.8) is 0 Å². The third kappa shape index (κ3) is 4.91. The molecule has 0 spiro atoms. The van der Waals surface area contributed by atoms with Crippen LogP contribution in [0.2, 0.25) is 0 Å². The molecule has 0 aromatic heterocycles. The molecule has 0 saturated heterocycles. The smallest absolute Gasteiger partial charge is 0.379 e. The van der Waals surface area contributed by atoms with Crippen molar-refractivity contribution in [2.45, 2.75) is 19.4 Å². The van der Waals surface area contributed by atoms with Crippen molar-refractivity contribution in [2.75, 3.05) is 14.2 Å². The first-order valence-electron chi connectivity index (χ1n) is 5.21. The molecular weight excluding hydrogens is 246 g/mol. The van der Waals surface area contributed by atoms with Crippen LogP contribution in [0.25, 0.3) is 0 Å². The molecule has 1 rings (SSSR count). The fraction of sp³-hybridized carbons (Fsp3) is 0.455. The van der Waals surface area contributed by atoms with E-state index in [9.17, 15) is 8.78 Å². The molecule has 0 saturated carbocycles. The molecule has 0 aliphatic rings. The zero-order chi connectivity index (χ0) is 12.8. The average molecular weight is 262 g/mol. The van der Waals surface area contributed by atoms with E-state index in [-0.39, 0.29) is 6.10 Å². The Morgan fingerprint density at radius 3 is 2.12 bits per heavy atom. The van der Waals surface area contributed by atoms with Gasteiger partial charge in [0, 0.05) is 20.3 Å². The number of rotatable bonds is 6. The van der Waals surface area contributed by atoms with Gasteiger partial charge in [-0.2, -0.15) is 0 Å². The van der Waals surface area contributed by atoms with Crippen LogP contribution < -0.4 is 0 Å². The lowest BCUT2D eigenvalue weighted by Gasteiger charge is -2.18. The number of halogens is 2. The van der Waals surface area contributed by atoms with E-state index < -0.39 is 21.2 Å². The van der Waals surface area contributed by atoms with Gasteiger partial charge in [0.2, 0.25) is 0 Å². The molecule has 0 heterocycles. The summed E-state index contributed by atoms with van der Waals surface area (Å²) in [5, 5.41) is 0. The van der Waals surface area contributed by atoms with E-state index in [1.54, 1.807) is 6.92 Å². The Labute approximate surface area is 101 Å². The molecule has 96 valence electrons. The van der Waals surface area contributed by atoms with Gasteiger partial charge in [-0.15, -0.1) is 0 Å². The second-order valence-corrected chi connectivity index (χ2v) is 5.48. The molecule has 0 radical (unpaired) electrons. The van der Waals surface area contributed by atoms with Gasteiger partial charge >= 0.3 is 9.53 Å². The molecule has 0 fully saturated rings. The van der Waals surface area contributed by atoms with Crippen molar-refractivity contribution in [1.82, 2.24) is 0 Å². The molecule has 1 aromatic rings. The summed E-state index contributed by atoms with van der Waals surface area (Å²) in [6.07, 6.45) is 0.193. The second-order valence-electron chi connectivity index (χ2n) is 3.69. The third-order valence-corrected chi connectivity index (χ3v) is 3.63. The molecule has 0 aliphatic heterocycles. The minimum Gasteiger partial charge on any atom is -0.379 e. The standard InChI is InChI=1S/C11H16F2O3Si/c1-8(16-17(14-2)15-3)4-9-5-10(12)7-11(13)6-9/h5-8,17H,4H2,1-3H3. The van der Waals surface area contributed by atoms with E-state index in [0.717, 1.165) is 6.07 Å². The highest BCUT2D eigenvalue weighted by Gasteiger charge is 2.16. The molecule has 0 N–H and O–H groups in total. The topological polar surface area (TPSA) is 27.7 Å². The normalized spacial score (nSPS) is 13.1. The van der Waals surface area contributed by atoms with E-state index in [1.165, 1.54) is 26.4 Å². The molecule has 0 amide bonds. The minimum absolute atomic E-state index is 0.215. The Kier molecular flexibility index (Phi) is 5.70. The van der Waals surface area contributed by atoms with Crippen LogP contribution in [0.3, 0.4) is 0 Å². The summed E-state index contributed by atoms with van der Waals surface area (Å²) in [4.78, 5) is 0. The van der Waals surface area contributed by atoms with E-state index >= 15 is 0 Å². The van der Waals surface area contributed by atoms with Crippen LogP contribution in [0, 0.1) is 11.6 Å². The van der Waals surface area contributed by atoms with Crippen LogP contribution in [0.4, 0.5) is 8.78 Å². The Hall–Kier alpha value is -0.823. The number of hydrogen-bond acceptors (Lipinski definition) is 3. The van der Waals surface area contributed by atoms with Gasteiger partial charge in [0.1, 0.15) is 11.6 Å². The summed E-state index contributed by atoms with van der Waals surface area (Å²) in [6.45, 7) is 1.81. The van der Waals surface area contributed by atoms with Gasteiger partial charge in [-0.05, 0) is 31.0 Å². The summed E-state index contributed by atoms with van der Waals surface area (Å²) in [6, 6.07) is 3.43. The predicted molar refractivity (Wildman–Crippen MR) is 61.8 cm³/mol. The molecule has 0 aliphatic carbocycles. The lowest BCUT2D eigenvalue weighted by atomic mass is 10.1. The fourth-order valence-corrected chi connectivity index (χ4v) is 2.40. The zero-order valence-corrected chi connectivity index (χ0v) is 11.2. The summed E-state index contributed by atoms with van der Waals surface area (Å²) in [7, 11) is 0.915. The first kappa shape index (κ1) is 14.2. The van der Waals surface area contributed by atoms with Crippen molar-refractivity contribution in [3.8, 4) is 0 Å². The van der Waals surface area contributed by atoms with Gasteiger partial charge in [-0.25, -0.2) is 8.78 Å². The minimum atomic E-state index is -2.10. The van der Waals surface area contributed by atoms with Crippen LogP contribution in [0.15, 0.2) is 18.2 Å². The average Bonchev–Trinajstić information content (AvgIpc) is 2.24. The summed E-state index contributed by atoms with van der Waals surface area (Å²) < 4.78 is 41.4. The second kappa shape index (κ2) is 6.80. The lowest BCUT2D eigenvalue weighted by Crippen LogP contribution is -2.29. The molecule has 0 bridgehead atoms. The molecule has 1 unspecified atom stereocenters. The van der Waals surface area contributed by atoms with Gasteiger partial charge in [0.15, 0.2) is 0 Å². The van der Waals surface area contributed by atoms with Crippen LogP contribution in [0.5, 0.6) is 0 Å². The molecule has 1 atom stereocenters. The first-order chi connectivity index (χ1) is 8.05. The van der Waals surface area contributed by atoms with Crippen LogP contribution in [-0.4, -0.2) is 29.9 Å². The fourth-order valence-electron chi connectivity index (χ4n) is 1.51. The highest BCUT2D eigenvalue weighted by atomic mass is 28.3. The van der Waals surface area contributed by atoms with E-state index in [1.807, 2.05) is 0 Å². The summed E-state index contributed by atoms with van der Waals surface area (Å²) in [5.74, 6) is -1.17. The SMILES string of the molecule is CO[SiH](OC)OC(C)Cc1cc(F)cc(F)c1. The Balaban J connectivity index is 2.58. The summed E-state index contributed by atoms with van der Waals surface area (Å²) >= 11 is 0. The van der Waals surface area contributed by atoms with Crippen molar-refractivity contribution in [3.05, 3.63) is 35.4 Å². The molecule has 3 nitrogen and oxygen atoms in total. The van der Waals surface area contributed by atoms with Crippen molar-refractivity contribution < 1.29 is 22.1 Å². The van der Waals surface area contributed by atoms with Crippen molar-refractivity contribution >= 4 is 9.53 Å². The Morgan fingerprint density at radius 1 is 1.12 bits per heavy atom. The van der Waals surface area contributed by atoms with Gasteiger partial charge in [-0.3, -0.25) is 0 Å². The van der Waals surface area contributed by atoms with Gasteiger partial charge in [-0.1, -0.05) is 0 Å². The third-order valence-electron chi connectivity index (χ3n) is 2.17. The van der Waals surface area contributed by atoms with Gasteiger partial charge in [0.05, 0.1) is 6.10 Å². The maximum Gasteiger partial charge on any atom is 0.483 e. The molecule has 1 aromatic carbocycles. The highest BCUT2D eigenvalue weighted by Crippen LogP contribution is 2.12. The molecular formula is C11H16F2O3Si. The monoisotopic (exact) mass is 262 g/mol. The lowest BCUT2D eigenvalue weighted by molar-refractivity contribution is 0.0951. The number of hydrogen-bond donors (Lipinski definition) is 0. The highest BCUT2D eigenvalue weighted by molar-refractivity contribution is 6.36. The largest absolute Gasteiger partial charge is 0.483 e. The number of benzene rings is 1. The van der Waals surface area contributed by atoms with Crippen molar-refractivity contribution in [2.24, 2.45) is 0 Å². The Morgan fingerprint density at radius 2 is 1.65 bits per heavy atom. The maximum atomic E-state index is 13.0. The Bertz CT molecular complexity index is 338. The van der Waals surface area contributed by atoms with Gasteiger partial charge < -0.3 is 13.3 Å². The van der Waals surface area contributed by atoms with Crippen LogP contribution >= 0.6 is 0 Å². The zero-order valence-electron chi connectivity index (χ0n) is 10.1.